The fourth-order valence-corrected chi connectivity index (χ4v) is 3.48. The Morgan fingerprint density at radius 1 is 1.50 bits per heavy atom. The highest BCUT2D eigenvalue weighted by atomic mass is 32.2. The van der Waals surface area contributed by atoms with Gasteiger partial charge >= 0.3 is 21.3 Å². The smallest absolute Gasteiger partial charge is 0.402 e. The molecule has 3 atom stereocenters. The number of carbonyl (C=O) groups excluding carboxylic acids is 1. The van der Waals surface area contributed by atoms with Gasteiger partial charge in [0.2, 0.25) is 0 Å². The number of allylic oxidation sites excluding steroid dienone is 1. The molecule has 0 saturated heterocycles. The number of fused-ring (bicyclic) bond motifs is 2. The summed E-state index contributed by atoms with van der Waals surface area (Å²) in [6, 6.07) is 0. The van der Waals surface area contributed by atoms with E-state index >= 15 is 0 Å². The second-order valence-corrected chi connectivity index (χ2v) is 7.78. The fourth-order valence-electron chi connectivity index (χ4n) is 3.27. The summed E-state index contributed by atoms with van der Waals surface area (Å²) in [4.78, 5) is 11.9. The molecule has 2 bridgehead atoms. The lowest BCUT2D eigenvalue weighted by Crippen LogP contribution is -2.43. The lowest BCUT2D eigenvalue weighted by molar-refractivity contribution is -0.158. The molecule has 2 aliphatic carbocycles. The molecule has 2 aliphatic rings. The third-order valence-electron chi connectivity index (χ3n) is 4.01. The van der Waals surface area contributed by atoms with E-state index < -0.39 is 39.5 Å². The van der Waals surface area contributed by atoms with E-state index in [2.05, 4.69) is 4.74 Å². The fraction of sp³-hybridized carbons (Fsp3) is 0.769. The third-order valence-corrected chi connectivity index (χ3v) is 4.88. The Balaban J connectivity index is 2.02. The molecule has 1 saturated carbocycles. The summed E-state index contributed by atoms with van der Waals surface area (Å²) < 4.78 is 59.7. The first kappa shape index (κ1) is 17.3. The normalized spacial score (nSPS) is 32.3. The molecule has 0 spiro atoms. The topological polar surface area (TPSA) is 101 Å². The average molecular weight is 340 g/mol. The number of carbonyl (C=O) groups is 1. The molecule has 0 aromatic carbocycles. The van der Waals surface area contributed by atoms with Crippen molar-refractivity contribution in [1.82, 2.24) is 0 Å². The summed E-state index contributed by atoms with van der Waals surface area (Å²) in [5.74, 6) is -1.62. The molecule has 1 fully saturated rings. The van der Waals surface area contributed by atoms with E-state index in [0.29, 0.717) is 19.3 Å². The van der Waals surface area contributed by atoms with E-state index in [4.69, 9.17) is 4.55 Å². The number of halogens is 2. The second kappa shape index (κ2) is 5.54. The molecule has 9 heteroatoms. The average Bonchev–Trinajstić information content (AvgIpc) is 2.31. The first-order chi connectivity index (χ1) is 9.92. The molecule has 6 nitrogen and oxygen atoms in total. The van der Waals surface area contributed by atoms with Crippen molar-refractivity contribution >= 4 is 16.1 Å². The maximum absolute atomic E-state index is 13.0. The van der Waals surface area contributed by atoms with Crippen molar-refractivity contribution in [3.05, 3.63) is 11.6 Å². The SMILES string of the molecule is CC1C=C2C[C@@H](C(=O)OCC(F)(F)S(=O)(=O)O)CC(O)(C2)C1. The van der Waals surface area contributed by atoms with Crippen molar-refractivity contribution in [1.29, 1.82) is 0 Å². The van der Waals surface area contributed by atoms with Gasteiger partial charge in [-0.15, -0.1) is 0 Å². The standard InChI is InChI=1S/C13H18F2O6S/c1-8-2-9-3-10(6-12(17,4-8)5-9)11(16)21-7-13(14,15)22(18,19)20/h2,8,10,17H,3-7H2,1H3,(H,18,19,20)/t8?,10-,12?/m1/s1. The number of hydrogen-bond donors (Lipinski definition) is 2. The van der Waals surface area contributed by atoms with E-state index in [0.717, 1.165) is 5.57 Å². The first-order valence-electron chi connectivity index (χ1n) is 6.85. The predicted octanol–water partition coefficient (Wildman–Crippen LogP) is 1.51. The second-order valence-electron chi connectivity index (χ2n) is 6.23. The van der Waals surface area contributed by atoms with Gasteiger partial charge < -0.3 is 9.84 Å². The third kappa shape index (κ3) is 3.64. The number of alkyl halides is 2. The van der Waals surface area contributed by atoms with Crippen molar-refractivity contribution in [3.8, 4) is 0 Å². The maximum Gasteiger partial charge on any atom is 0.402 e. The zero-order valence-electron chi connectivity index (χ0n) is 12.0. The summed E-state index contributed by atoms with van der Waals surface area (Å²) in [7, 11) is -5.63. The Labute approximate surface area is 126 Å². The molecule has 2 unspecified atom stereocenters. The minimum atomic E-state index is -5.63. The summed E-state index contributed by atoms with van der Waals surface area (Å²) in [5, 5.41) is 5.87. The summed E-state index contributed by atoms with van der Waals surface area (Å²) >= 11 is 0. The molecule has 2 rings (SSSR count). The van der Waals surface area contributed by atoms with E-state index in [1.165, 1.54) is 0 Å². The van der Waals surface area contributed by atoms with E-state index in [9.17, 15) is 27.1 Å². The molecular formula is C13H18F2O6S. The van der Waals surface area contributed by atoms with Crippen LogP contribution in [0.15, 0.2) is 11.6 Å². The highest BCUT2D eigenvalue weighted by Crippen LogP contribution is 2.44. The maximum atomic E-state index is 13.0. The Morgan fingerprint density at radius 3 is 2.68 bits per heavy atom. The van der Waals surface area contributed by atoms with Crippen LogP contribution in [0, 0.1) is 11.8 Å². The van der Waals surface area contributed by atoms with Crippen LogP contribution in [0.5, 0.6) is 0 Å². The van der Waals surface area contributed by atoms with Crippen LogP contribution in [0.4, 0.5) is 8.78 Å². The number of esters is 1. The largest absolute Gasteiger partial charge is 0.458 e. The molecule has 0 radical (unpaired) electrons. The summed E-state index contributed by atoms with van der Waals surface area (Å²) in [6.07, 6.45) is 3.25. The molecule has 0 aliphatic heterocycles. The van der Waals surface area contributed by atoms with Gasteiger partial charge in [0.15, 0.2) is 6.61 Å². The van der Waals surface area contributed by atoms with Gasteiger partial charge in [0.1, 0.15) is 0 Å². The zero-order chi connectivity index (χ0) is 16.8. The van der Waals surface area contributed by atoms with Crippen LogP contribution in [-0.2, 0) is 19.6 Å². The summed E-state index contributed by atoms with van der Waals surface area (Å²) in [5.41, 5.74) is -0.187. The van der Waals surface area contributed by atoms with Gasteiger partial charge in [-0.25, -0.2) is 0 Å². The number of rotatable bonds is 4. The lowest BCUT2D eigenvalue weighted by Gasteiger charge is -2.42. The first-order valence-corrected chi connectivity index (χ1v) is 8.29. The van der Waals surface area contributed by atoms with Crippen LogP contribution < -0.4 is 0 Å². The van der Waals surface area contributed by atoms with Crippen LogP contribution in [0.3, 0.4) is 0 Å². The van der Waals surface area contributed by atoms with Gasteiger partial charge in [0, 0.05) is 0 Å². The van der Waals surface area contributed by atoms with Crippen LogP contribution in [0.2, 0.25) is 0 Å². The minimum absolute atomic E-state index is 0.0883. The monoisotopic (exact) mass is 340 g/mol. The van der Waals surface area contributed by atoms with Gasteiger partial charge in [0.05, 0.1) is 11.5 Å². The Bertz CT molecular complexity index is 600. The van der Waals surface area contributed by atoms with Gasteiger partial charge in [-0.05, 0) is 31.6 Å². The van der Waals surface area contributed by atoms with Crippen molar-refractivity contribution in [3.63, 3.8) is 0 Å². The van der Waals surface area contributed by atoms with Crippen molar-refractivity contribution in [2.75, 3.05) is 6.61 Å². The van der Waals surface area contributed by atoms with Gasteiger partial charge in [-0.1, -0.05) is 18.6 Å². The molecule has 0 aromatic heterocycles. The van der Waals surface area contributed by atoms with E-state index in [1.807, 2.05) is 13.0 Å². The number of hydrogen-bond acceptors (Lipinski definition) is 5. The Hall–Kier alpha value is -1.06. The molecule has 0 heterocycles. The van der Waals surface area contributed by atoms with Crippen molar-refractivity contribution in [2.45, 2.75) is 43.5 Å². The van der Waals surface area contributed by atoms with Crippen LogP contribution in [0.25, 0.3) is 0 Å². The zero-order valence-corrected chi connectivity index (χ0v) is 12.8. The lowest BCUT2D eigenvalue weighted by atomic mass is 9.68. The number of aliphatic hydroxyl groups is 1. The molecule has 126 valence electrons. The molecule has 0 aromatic rings. The highest BCUT2D eigenvalue weighted by Gasteiger charge is 2.47. The van der Waals surface area contributed by atoms with Crippen LogP contribution in [0.1, 0.15) is 32.6 Å². The predicted molar refractivity (Wildman–Crippen MR) is 71.6 cm³/mol. The van der Waals surface area contributed by atoms with E-state index in [1.54, 1.807) is 0 Å². The van der Waals surface area contributed by atoms with Gasteiger partial charge in [0.25, 0.3) is 0 Å². The van der Waals surface area contributed by atoms with Crippen molar-refractivity contribution in [2.24, 2.45) is 11.8 Å². The summed E-state index contributed by atoms with van der Waals surface area (Å²) in [6.45, 7) is 0.199. The molecule has 22 heavy (non-hydrogen) atoms. The highest BCUT2D eigenvalue weighted by molar-refractivity contribution is 7.86. The molecule has 2 N–H and O–H groups in total. The number of ether oxygens (including phenoxy) is 1. The van der Waals surface area contributed by atoms with Crippen molar-refractivity contribution < 1.29 is 36.4 Å². The molecular weight excluding hydrogens is 322 g/mol. The Morgan fingerprint density at radius 2 is 2.14 bits per heavy atom. The Kier molecular flexibility index (Phi) is 4.35. The van der Waals surface area contributed by atoms with Crippen LogP contribution >= 0.6 is 0 Å². The van der Waals surface area contributed by atoms with Gasteiger partial charge in [-0.2, -0.15) is 17.2 Å². The minimum Gasteiger partial charge on any atom is -0.458 e. The van der Waals surface area contributed by atoms with Crippen LogP contribution in [-0.4, -0.2) is 41.5 Å². The van der Waals surface area contributed by atoms with E-state index in [-0.39, 0.29) is 12.3 Å². The van der Waals surface area contributed by atoms with Gasteiger partial charge in [-0.3, -0.25) is 9.35 Å². The molecule has 0 amide bonds. The quantitative estimate of drug-likeness (QED) is 0.457.